The molecule has 0 fully saturated rings. The molecule has 2 heterocycles. The second-order valence-corrected chi connectivity index (χ2v) is 6.68. The molecule has 0 unspecified atom stereocenters. The summed E-state index contributed by atoms with van der Waals surface area (Å²) in [6.45, 7) is 1.95. The third-order valence-electron chi connectivity index (χ3n) is 4.85. The van der Waals surface area contributed by atoms with Crippen LogP contribution in [0.5, 0.6) is 5.75 Å². The third-order valence-corrected chi connectivity index (χ3v) is 4.85. The number of hydrogen-bond acceptors (Lipinski definition) is 4. The van der Waals surface area contributed by atoms with E-state index in [1.54, 1.807) is 24.3 Å². The number of hydrogen-bond donors (Lipinski definition) is 2. The number of anilines is 1. The number of halogens is 1. The molecule has 150 valence electrons. The molecular formula is C23H18FN3O3. The Labute approximate surface area is 171 Å². The molecule has 4 rings (SSSR count). The molecule has 0 aliphatic carbocycles. The van der Waals surface area contributed by atoms with Crippen molar-refractivity contribution in [1.29, 1.82) is 0 Å². The maximum atomic E-state index is 13.8. The van der Waals surface area contributed by atoms with Gasteiger partial charge in [0.05, 0.1) is 11.1 Å². The number of fused-ring (bicyclic) bond motifs is 1. The lowest BCUT2D eigenvalue weighted by Gasteiger charge is -2.15. The lowest BCUT2D eigenvalue weighted by atomic mass is 10.1. The van der Waals surface area contributed by atoms with Crippen molar-refractivity contribution in [1.82, 2.24) is 9.55 Å². The van der Waals surface area contributed by atoms with Gasteiger partial charge in [0.2, 0.25) is 0 Å². The zero-order valence-corrected chi connectivity index (χ0v) is 16.1. The average Bonchev–Trinajstić information content (AvgIpc) is 2.74. The number of carbonyl (C=O) groups excluding carboxylic acids is 1. The van der Waals surface area contributed by atoms with Crippen LogP contribution in [0.1, 0.15) is 22.8 Å². The largest absolute Gasteiger partial charge is 0.506 e. The monoisotopic (exact) mass is 403 g/mol. The van der Waals surface area contributed by atoms with E-state index in [-0.39, 0.29) is 16.7 Å². The molecule has 0 aliphatic heterocycles. The predicted molar refractivity (Wildman–Crippen MR) is 113 cm³/mol. The second-order valence-electron chi connectivity index (χ2n) is 6.68. The number of aryl methyl sites for hydroxylation is 1. The summed E-state index contributed by atoms with van der Waals surface area (Å²) in [7, 11) is 0. The van der Waals surface area contributed by atoms with Gasteiger partial charge in [0.1, 0.15) is 17.1 Å². The van der Waals surface area contributed by atoms with E-state index in [2.05, 4.69) is 10.3 Å². The highest BCUT2D eigenvalue weighted by Crippen LogP contribution is 2.28. The third kappa shape index (κ3) is 3.30. The maximum absolute atomic E-state index is 13.8. The highest BCUT2D eigenvalue weighted by Gasteiger charge is 2.24. The first kappa shape index (κ1) is 19.3. The van der Waals surface area contributed by atoms with Crippen molar-refractivity contribution in [2.24, 2.45) is 0 Å². The van der Waals surface area contributed by atoms with E-state index in [9.17, 15) is 19.1 Å². The van der Waals surface area contributed by atoms with Crippen LogP contribution in [-0.2, 0) is 6.42 Å². The van der Waals surface area contributed by atoms with Crippen LogP contribution in [0, 0.1) is 5.82 Å². The SMILES string of the molecule is CCc1ccccc1NC(=O)c1c(O)c2cccnc2n(-c2cccc(F)c2)c1=O. The Hall–Kier alpha value is -4.00. The summed E-state index contributed by atoms with van der Waals surface area (Å²) in [5, 5.41) is 13.7. The summed E-state index contributed by atoms with van der Waals surface area (Å²) in [5.41, 5.74) is 0.523. The zero-order chi connectivity index (χ0) is 21.3. The van der Waals surface area contributed by atoms with E-state index in [0.29, 0.717) is 12.1 Å². The number of carbonyl (C=O) groups is 1. The van der Waals surface area contributed by atoms with E-state index >= 15 is 0 Å². The highest BCUT2D eigenvalue weighted by molar-refractivity contribution is 6.09. The zero-order valence-electron chi connectivity index (χ0n) is 16.1. The molecule has 0 saturated heterocycles. The number of nitrogens with zero attached hydrogens (tertiary/aromatic N) is 2. The van der Waals surface area contributed by atoms with Crippen molar-refractivity contribution in [2.45, 2.75) is 13.3 Å². The molecule has 30 heavy (non-hydrogen) atoms. The number of nitrogens with one attached hydrogen (secondary N) is 1. The summed E-state index contributed by atoms with van der Waals surface area (Å²) < 4.78 is 15.0. The molecule has 7 heteroatoms. The van der Waals surface area contributed by atoms with Gasteiger partial charge >= 0.3 is 0 Å². The molecule has 4 aromatic rings. The number of aromatic hydroxyl groups is 1. The summed E-state index contributed by atoms with van der Waals surface area (Å²) in [5.74, 6) is -1.77. The van der Waals surface area contributed by atoms with Crippen LogP contribution < -0.4 is 10.9 Å². The van der Waals surface area contributed by atoms with E-state index < -0.39 is 28.6 Å². The number of para-hydroxylation sites is 1. The molecule has 0 radical (unpaired) electrons. The molecule has 2 N–H and O–H groups in total. The summed E-state index contributed by atoms with van der Waals surface area (Å²) in [6, 6.07) is 15.7. The first-order valence-corrected chi connectivity index (χ1v) is 9.39. The first-order valence-electron chi connectivity index (χ1n) is 9.39. The van der Waals surface area contributed by atoms with E-state index in [1.165, 1.54) is 30.5 Å². The van der Waals surface area contributed by atoms with Gasteiger partial charge < -0.3 is 10.4 Å². The minimum atomic E-state index is -0.796. The number of rotatable bonds is 4. The Morgan fingerprint density at radius 3 is 2.70 bits per heavy atom. The van der Waals surface area contributed by atoms with Gasteiger partial charge in [0.25, 0.3) is 11.5 Å². The highest BCUT2D eigenvalue weighted by atomic mass is 19.1. The molecular weight excluding hydrogens is 385 g/mol. The lowest BCUT2D eigenvalue weighted by molar-refractivity contribution is 0.102. The van der Waals surface area contributed by atoms with Crippen LogP contribution >= 0.6 is 0 Å². The van der Waals surface area contributed by atoms with Crippen molar-refractivity contribution in [3.05, 3.63) is 94.2 Å². The van der Waals surface area contributed by atoms with Crippen molar-refractivity contribution < 1.29 is 14.3 Å². The number of benzene rings is 2. The number of amides is 1. The first-order chi connectivity index (χ1) is 14.5. The number of pyridine rings is 2. The van der Waals surface area contributed by atoms with Gasteiger partial charge in [0, 0.05) is 11.9 Å². The summed E-state index contributed by atoms with van der Waals surface area (Å²) in [4.78, 5) is 30.5. The van der Waals surface area contributed by atoms with Gasteiger partial charge in [-0.15, -0.1) is 0 Å². The van der Waals surface area contributed by atoms with Crippen molar-refractivity contribution in [3.8, 4) is 11.4 Å². The van der Waals surface area contributed by atoms with Crippen LogP contribution in [0.25, 0.3) is 16.7 Å². The van der Waals surface area contributed by atoms with E-state index in [4.69, 9.17) is 0 Å². The standard InChI is InChI=1S/C23H18FN3O3/c1-2-14-7-3-4-11-18(14)26-22(29)19-20(28)17-10-6-12-25-21(17)27(23(19)30)16-9-5-8-15(24)13-16/h3-13,28H,2H2,1H3,(H,26,29). The molecule has 6 nitrogen and oxygen atoms in total. The molecule has 0 bridgehead atoms. The van der Waals surface area contributed by atoms with Gasteiger partial charge in [-0.3, -0.25) is 14.2 Å². The fourth-order valence-corrected chi connectivity index (χ4v) is 3.40. The Morgan fingerprint density at radius 1 is 1.13 bits per heavy atom. The van der Waals surface area contributed by atoms with Gasteiger partial charge in [-0.1, -0.05) is 31.2 Å². The van der Waals surface area contributed by atoms with Gasteiger partial charge in [-0.2, -0.15) is 0 Å². The van der Waals surface area contributed by atoms with E-state index in [1.807, 2.05) is 19.1 Å². The van der Waals surface area contributed by atoms with Crippen LogP contribution in [0.15, 0.2) is 71.7 Å². The Balaban J connectivity index is 1.95. The smallest absolute Gasteiger partial charge is 0.273 e. The van der Waals surface area contributed by atoms with Gasteiger partial charge in [0.15, 0.2) is 5.65 Å². The maximum Gasteiger partial charge on any atom is 0.273 e. The Morgan fingerprint density at radius 2 is 1.93 bits per heavy atom. The quantitative estimate of drug-likeness (QED) is 0.539. The van der Waals surface area contributed by atoms with Crippen molar-refractivity contribution in [2.75, 3.05) is 5.32 Å². The minimum Gasteiger partial charge on any atom is -0.506 e. The lowest BCUT2D eigenvalue weighted by Crippen LogP contribution is -2.29. The van der Waals surface area contributed by atoms with Crippen LogP contribution in [-0.4, -0.2) is 20.6 Å². The van der Waals surface area contributed by atoms with E-state index in [0.717, 1.165) is 10.1 Å². The molecule has 0 atom stereocenters. The van der Waals surface area contributed by atoms with Crippen molar-refractivity contribution in [3.63, 3.8) is 0 Å². The average molecular weight is 403 g/mol. The number of aromatic nitrogens is 2. The Kier molecular flexibility index (Phi) is 5.02. The van der Waals surface area contributed by atoms with Crippen molar-refractivity contribution >= 4 is 22.6 Å². The van der Waals surface area contributed by atoms with Crippen LogP contribution in [0.4, 0.5) is 10.1 Å². The van der Waals surface area contributed by atoms with Crippen LogP contribution in [0.2, 0.25) is 0 Å². The summed E-state index contributed by atoms with van der Waals surface area (Å²) in [6.07, 6.45) is 2.13. The molecule has 1 amide bonds. The Bertz CT molecular complexity index is 1330. The normalized spacial score (nSPS) is 10.9. The van der Waals surface area contributed by atoms with Crippen LogP contribution in [0.3, 0.4) is 0 Å². The molecule has 0 aliphatic rings. The minimum absolute atomic E-state index is 0.121. The molecule has 0 saturated carbocycles. The second kappa shape index (κ2) is 7.79. The predicted octanol–water partition coefficient (Wildman–Crippen LogP) is 4.05. The fourth-order valence-electron chi connectivity index (χ4n) is 3.40. The molecule has 2 aromatic heterocycles. The fraction of sp³-hybridized carbons (Fsp3) is 0.0870. The van der Waals surface area contributed by atoms with Gasteiger partial charge in [-0.25, -0.2) is 9.37 Å². The topological polar surface area (TPSA) is 84.2 Å². The molecule has 2 aromatic carbocycles. The summed E-state index contributed by atoms with van der Waals surface area (Å²) >= 11 is 0. The van der Waals surface area contributed by atoms with Gasteiger partial charge in [-0.05, 0) is 48.4 Å². The molecule has 0 spiro atoms.